The number of carboxylic acid groups (broad SMARTS) is 1. The Labute approximate surface area is 858 Å². The third kappa shape index (κ3) is 54.5. The predicted octanol–water partition coefficient (Wildman–Crippen LogP) is 25.8. The molecule has 0 aliphatic heterocycles. The first-order valence-electron chi connectivity index (χ1n) is 46.1. The molecule has 0 heterocycles. The zero-order chi connectivity index (χ0) is 106. The summed E-state index contributed by atoms with van der Waals surface area (Å²) in [5, 5.41) is 26.7. The van der Waals surface area contributed by atoms with Crippen molar-refractivity contribution in [3.05, 3.63) is 448 Å². The minimum atomic E-state index is -0.986. The van der Waals surface area contributed by atoms with Crippen LogP contribution in [0.2, 0.25) is 0 Å². The number of Topliss-reactive ketones (excluding diaryl/α,β-unsaturated/α-hetero) is 5. The Morgan fingerprint density at radius 3 is 0.690 bits per heavy atom. The number of ketones is 5. The van der Waals surface area contributed by atoms with Crippen molar-refractivity contribution in [1.82, 2.24) is 0 Å². The summed E-state index contributed by atoms with van der Waals surface area (Å²) in [4.78, 5) is 93.9. The molecule has 12 aromatic carbocycles. The molecule has 0 saturated carbocycles. The predicted molar refractivity (Wildman–Crippen MR) is 571 cm³/mol. The largest absolute Gasteiger partial charge is 0.508 e. The van der Waals surface area contributed by atoms with Crippen LogP contribution in [0.5, 0.6) is 34.5 Å². The maximum absolute atomic E-state index is 13.1. The van der Waals surface area contributed by atoms with Gasteiger partial charge in [-0.05, 0) is 251 Å². The Morgan fingerprint density at radius 1 is 0.303 bits per heavy atom. The molecular weight excluding hydrogens is 1920 g/mol. The molecule has 0 aliphatic rings. The van der Waals surface area contributed by atoms with Crippen LogP contribution in [0.25, 0.3) is 0 Å². The lowest BCUT2D eigenvalue weighted by Gasteiger charge is -2.19. The molecule has 0 fully saturated rings. The third-order valence-electron chi connectivity index (χ3n) is 19.4. The van der Waals surface area contributed by atoms with Crippen molar-refractivity contribution < 1.29 is 105 Å². The summed E-state index contributed by atoms with van der Waals surface area (Å²) < 4.78 is 100. The molecule has 27 heteroatoms. The molecule has 0 aliphatic carbocycles. The molecule has 12 aromatic rings. The van der Waals surface area contributed by atoms with Crippen LogP contribution in [0.15, 0.2) is 387 Å². The molecule has 0 atom stereocenters. The fourth-order valence-electron chi connectivity index (χ4n) is 11.8. The molecule has 0 saturated heterocycles. The van der Waals surface area contributed by atoms with Crippen LogP contribution in [0.4, 0.5) is 27.6 Å². The monoisotopic (exact) mass is 2050 g/mol. The van der Waals surface area contributed by atoms with Gasteiger partial charge >= 0.3 is 17.9 Å². The Kier molecular flexibility index (Phi) is 60.8. The smallest absolute Gasteiger partial charge is 0.335 e. The maximum atomic E-state index is 13.1. The minimum Gasteiger partial charge on any atom is -0.508 e. The van der Waals surface area contributed by atoms with Gasteiger partial charge in [0.15, 0.2) is 28.9 Å². The summed E-state index contributed by atoms with van der Waals surface area (Å²) in [6, 6.07) is 96.3. The first-order valence-corrected chi connectivity index (χ1v) is 46.2. The number of carboxylic acids is 1. The van der Waals surface area contributed by atoms with E-state index in [1.54, 1.807) is 151 Å². The van der Waals surface area contributed by atoms with Crippen molar-refractivity contribution in [3.63, 3.8) is 0 Å². The van der Waals surface area contributed by atoms with Crippen LogP contribution in [0.3, 0.4) is 0 Å². The molecule has 0 aromatic heterocycles. The fourth-order valence-corrected chi connectivity index (χ4v) is 12.2. The molecule has 21 nitrogen and oxygen atoms in total. The number of aromatic carboxylic acids is 1. The highest BCUT2D eigenvalue weighted by atomic mass is 79.9. The second-order valence-electron chi connectivity index (χ2n) is 33.2. The number of para-hydroxylation sites is 1. The number of nitrogen functional groups attached to an aromatic ring is 1. The molecule has 12 rings (SSSR count). The highest BCUT2D eigenvalue weighted by Gasteiger charge is 2.20. The van der Waals surface area contributed by atoms with Gasteiger partial charge in [0.25, 0.3) is 0 Å². The number of carbonyl (C=O) groups is 8. The van der Waals surface area contributed by atoms with Crippen molar-refractivity contribution in [3.8, 4) is 34.5 Å². The number of anilines is 1. The van der Waals surface area contributed by atoms with E-state index >= 15 is 0 Å². The number of hydrogen-bond acceptors (Lipinski definition) is 20. The van der Waals surface area contributed by atoms with Gasteiger partial charge in [-0.3, -0.25) is 33.6 Å². The first kappa shape index (κ1) is 124. The first-order chi connectivity index (χ1) is 69.2. The SMILES string of the molecule is C.C.CC(C)(C)OC(=O)CCC(=CF)CBr.CC(C)(C)OC(=O)CCC(=CF)COc1ccc(C(=O)Cc2ccccc2)cc1.NC/C(=C/F)COc1ccc(C(=O)Cc2ccccc2)cc1.NC/C(=C\F)COc1ccc(C(=O)Cc2ccccc2)cc1.NCC(=CF)COc1ccc(C(=O)Cc2ccccc2)cc1.Nc1ccccc1.O=C(Cc1ccccc1)c1ccc(O)cc1.O=C(O)c1ccc(O)cc1.[3H]C. The Bertz CT molecular complexity index is 5650. The van der Waals surface area contributed by atoms with Gasteiger partial charge in [0.2, 0.25) is 0 Å². The van der Waals surface area contributed by atoms with Gasteiger partial charge in [0, 0.05) is 122 Å². The highest BCUT2D eigenvalue weighted by Crippen LogP contribution is 2.24. The number of rotatable bonds is 38. The molecular formula is C118H134BrF5N4O17. The van der Waals surface area contributed by atoms with Crippen molar-refractivity contribution in [2.24, 2.45) is 17.2 Å². The van der Waals surface area contributed by atoms with Crippen molar-refractivity contribution in [2.75, 3.05) is 57.1 Å². The molecule has 145 heavy (non-hydrogen) atoms. The summed E-state index contributed by atoms with van der Waals surface area (Å²) in [5.41, 5.74) is 31.4. The lowest BCUT2D eigenvalue weighted by atomic mass is 10.0. The number of allylic oxidation sites excluding steroid dienone is 1. The van der Waals surface area contributed by atoms with Gasteiger partial charge in [-0.15, -0.1) is 0 Å². The number of phenolic OH excluding ortho intramolecular Hbond substituents is 2. The van der Waals surface area contributed by atoms with Crippen LogP contribution in [0.1, 0.15) is 181 Å². The lowest BCUT2D eigenvalue weighted by molar-refractivity contribution is -0.155. The Morgan fingerprint density at radius 2 is 0.503 bits per heavy atom. The molecule has 0 radical (unpaired) electrons. The van der Waals surface area contributed by atoms with Crippen LogP contribution in [0, 0.1) is 0 Å². The number of halogens is 6. The van der Waals surface area contributed by atoms with Gasteiger partial charge in [-0.25, -0.2) is 26.7 Å². The highest BCUT2D eigenvalue weighted by molar-refractivity contribution is 9.09. The van der Waals surface area contributed by atoms with E-state index in [2.05, 4.69) is 15.9 Å². The van der Waals surface area contributed by atoms with E-state index in [-0.39, 0.29) is 138 Å². The third-order valence-corrected chi connectivity index (χ3v) is 20.1. The number of carbonyl (C=O) groups excluding carboxylic acids is 7. The Hall–Kier alpha value is -15.3. The standard InChI is InChI=1S/C24H27FO4.3C18H18FNO2.C14H12O2.C10H16BrFO2.C7H6O3.C6H7N.3CH4/c1-24(2,3)29-23(27)14-9-19(16-25)17-28-21-12-10-20(11-13-21)22(26)15-18-7-5-4-6-8-18;3*19-11-15(12-20)13-22-17-8-6-16(7-9-17)18(21)10-14-4-2-1-3-5-14;15-13-8-6-12(7-9-13)14(16)10-11-4-2-1-3-5-11;1-10(2,3)14-9(13)5-4-8(6-11)7-12;8-6-3-1-5(2-4-6)7(9)10;7-6-4-2-1-3-5-6;;;/h4-8,10-13,16H,9,14-15,17H2,1-3H3;3*1-9,11H,10,12-13,20H2;1-9,15H,10H2;7H,4-6H2,1-3H3;1-4,8H,(H,9,10);1-5H,7H2;3*1H4/b;15-11+;15-11-;;;;;;;;/i;;;;;;;;1T;;. The van der Waals surface area contributed by atoms with E-state index in [1.165, 1.54) is 43.8 Å². The zero-order valence-corrected chi connectivity index (χ0v) is 82.8. The number of phenols is 2. The average molecular weight is 2060 g/mol. The summed E-state index contributed by atoms with van der Waals surface area (Å²) >= 11 is 3.13. The van der Waals surface area contributed by atoms with Crippen molar-refractivity contribution >= 4 is 68.4 Å². The molecule has 11 N–H and O–H groups in total. The second kappa shape index (κ2) is 71.2. The summed E-state index contributed by atoms with van der Waals surface area (Å²) in [6.07, 6.45) is 5.10. The normalized spacial score (nSPS) is 10.9. The number of hydrogen-bond donors (Lipinski definition) is 7. The summed E-state index contributed by atoms with van der Waals surface area (Å²) in [5.74, 6) is 1.06. The van der Waals surface area contributed by atoms with E-state index in [9.17, 15) is 60.3 Å². The fraction of sp³-hybridized carbons (Fsp3) is 0.237. The van der Waals surface area contributed by atoms with Gasteiger partial charge in [0.05, 0.1) is 37.2 Å². The average Bonchev–Trinajstić information content (AvgIpc) is 0.859. The quantitative estimate of drug-likeness (QED) is 0.00621. The second-order valence-corrected chi connectivity index (χ2v) is 33.8. The van der Waals surface area contributed by atoms with Crippen LogP contribution < -0.4 is 41.9 Å². The van der Waals surface area contributed by atoms with Gasteiger partial charge in [-0.1, -0.05) is 208 Å². The molecule has 0 spiro atoms. The molecule has 0 bridgehead atoms. The number of alkyl halides is 1. The van der Waals surface area contributed by atoms with Crippen molar-refractivity contribution in [1.29, 1.82) is 0 Å². The molecule has 770 valence electrons. The van der Waals surface area contributed by atoms with E-state index in [0.29, 0.717) is 154 Å². The number of benzene rings is 12. The van der Waals surface area contributed by atoms with E-state index in [1.807, 2.05) is 182 Å². The lowest BCUT2D eigenvalue weighted by Crippen LogP contribution is -2.23. The van der Waals surface area contributed by atoms with Gasteiger partial charge in [0.1, 0.15) is 72.1 Å². The van der Waals surface area contributed by atoms with Crippen LogP contribution in [-0.4, -0.2) is 125 Å². The van der Waals surface area contributed by atoms with Crippen LogP contribution in [-0.2, 0) is 51.2 Å². The zero-order valence-electron chi connectivity index (χ0n) is 82.2. The maximum Gasteiger partial charge on any atom is 0.335 e. The number of nitrogens with two attached hydrogens (primary N) is 4. The molecule has 0 amide bonds. The number of esters is 2. The summed E-state index contributed by atoms with van der Waals surface area (Å²) in [7, 11) is 1.25. The van der Waals surface area contributed by atoms with E-state index < -0.39 is 17.2 Å². The van der Waals surface area contributed by atoms with E-state index in [0.717, 1.165) is 33.5 Å². The number of ether oxygens (including phenoxy) is 6. The van der Waals surface area contributed by atoms with Crippen molar-refractivity contribution in [2.45, 2.75) is 133 Å². The molecule has 0 unspecified atom stereocenters. The Balaban J connectivity index is 0.000000575. The van der Waals surface area contributed by atoms with E-state index in [4.69, 9.17) is 68.0 Å². The number of aromatic hydroxyl groups is 2. The summed E-state index contributed by atoms with van der Waals surface area (Å²) in [6.45, 7) is 11.5. The topological polar surface area (TPSA) is 357 Å². The van der Waals surface area contributed by atoms with Gasteiger partial charge < -0.3 is 66.7 Å². The van der Waals surface area contributed by atoms with Crippen LogP contribution >= 0.6 is 15.9 Å². The van der Waals surface area contributed by atoms with Gasteiger partial charge in [-0.2, -0.15) is 0 Å². The minimum absolute atomic E-state index is 0.